The summed E-state index contributed by atoms with van der Waals surface area (Å²) in [6.45, 7) is 4.16. The second kappa shape index (κ2) is 7.53. The van der Waals surface area contributed by atoms with Gasteiger partial charge in [0.1, 0.15) is 17.3 Å². The summed E-state index contributed by atoms with van der Waals surface area (Å²) >= 11 is 0. The van der Waals surface area contributed by atoms with E-state index in [0.717, 1.165) is 42.4 Å². The molecular weight excluding hydrogens is 302 g/mol. The number of nitrogens with zero attached hydrogens (tertiary/aromatic N) is 2. The molecule has 1 N–H and O–H groups in total. The van der Waals surface area contributed by atoms with E-state index in [9.17, 15) is 0 Å². The summed E-state index contributed by atoms with van der Waals surface area (Å²) in [6.07, 6.45) is 2.95. The molecule has 1 saturated heterocycles. The number of aromatic nitrogens is 1. The lowest BCUT2D eigenvalue weighted by atomic mass is 10.1. The topological polar surface area (TPSA) is 46.6 Å². The molecule has 5 nitrogen and oxygen atoms in total. The first-order valence-corrected chi connectivity index (χ1v) is 8.35. The van der Waals surface area contributed by atoms with E-state index in [2.05, 4.69) is 28.2 Å². The Labute approximate surface area is 143 Å². The first kappa shape index (κ1) is 16.6. The van der Waals surface area contributed by atoms with Crippen molar-refractivity contribution < 1.29 is 9.47 Å². The number of rotatable bonds is 6. The molecule has 3 rings (SSSR count). The molecule has 2 aromatic rings. The third kappa shape index (κ3) is 3.62. The molecule has 1 aliphatic heterocycles. The van der Waals surface area contributed by atoms with Gasteiger partial charge in [-0.1, -0.05) is 6.07 Å². The minimum absolute atomic E-state index is 0.184. The number of pyridine rings is 1. The molecule has 0 spiro atoms. The zero-order valence-corrected chi connectivity index (χ0v) is 14.5. The average molecular weight is 327 g/mol. The fourth-order valence-corrected chi connectivity index (χ4v) is 3.27. The van der Waals surface area contributed by atoms with Crippen LogP contribution in [-0.4, -0.2) is 38.3 Å². The van der Waals surface area contributed by atoms with Gasteiger partial charge in [-0.3, -0.25) is 0 Å². The fourth-order valence-electron chi connectivity index (χ4n) is 3.27. The number of nitrogens with one attached hydrogen (secondary N) is 1. The van der Waals surface area contributed by atoms with Crippen LogP contribution in [0.25, 0.3) is 0 Å². The number of hydrogen-bond acceptors (Lipinski definition) is 5. The van der Waals surface area contributed by atoms with Gasteiger partial charge in [0.05, 0.1) is 14.2 Å². The molecule has 0 radical (unpaired) electrons. The van der Waals surface area contributed by atoms with Crippen LogP contribution >= 0.6 is 0 Å². The van der Waals surface area contributed by atoms with Crippen LogP contribution in [0, 0.1) is 0 Å². The van der Waals surface area contributed by atoms with Crippen molar-refractivity contribution >= 4 is 5.82 Å². The highest BCUT2D eigenvalue weighted by Crippen LogP contribution is 2.30. The van der Waals surface area contributed by atoms with Gasteiger partial charge < -0.3 is 19.7 Å². The molecule has 128 valence electrons. The highest BCUT2D eigenvalue weighted by molar-refractivity contribution is 5.43. The molecule has 1 aromatic carbocycles. The second-order valence-electron chi connectivity index (χ2n) is 6.12. The predicted molar refractivity (Wildman–Crippen MR) is 96.0 cm³/mol. The van der Waals surface area contributed by atoms with Crippen LogP contribution < -0.4 is 19.7 Å². The van der Waals surface area contributed by atoms with Crippen molar-refractivity contribution in [2.24, 2.45) is 0 Å². The van der Waals surface area contributed by atoms with Crippen molar-refractivity contribution in [1.82, 2.24) is 10.3 Å². The molecule has 0 amide bonds. The summed E-state index contributed by atoms with van der Waals surface area (Å²) in [5, 5.41) is 3.72. The van der Waals surface area contributed by atoms with Crippen molar-refractivity contribution in [3.63, 3.8) is 0 Å². The molecule has 2 heterocycles. The minimum Gasteiger partial charge on any atom is -0.497 e. The number of methoxy groups -OCH3 is 2. The zero-order valence-electron chi connectivity index (χ0n) is 14.5. The van der Waals surface area contributed by atoms with E-state index in [1.165, 1.54) is 0 Å². The van der Waals surface area contributed by atoms with E-state index in [1.807, 2.05) is 36.5 Å². The molecule has 1 aromatic heterocycles. The monoisotopic (exact) mass is 327 g/mol. The third-order valence-corrected chi connectivity index (χ3v) is 4.55. The molecule has 0 bridgehead atoms. The predicted octanol–water partition coefficient (Wildman–Crippen LogP) is 3.03. The Balaban J connectivity index is 1.66. The van der Waals surface area contributed by atoms with E-state index < -0.39 is 0 Å². The smallest absolute Gasteiger partial charge is 0.128 e. The highest BCUT2D eigenvalue weighted by atomic mass is 16.5. The summed E-state index contributed by atoms with van der Waals surface area (Å²) in [4.78, 5) is 6.77. The molecular formula is C19H25N3O2. The van der Waals surface area contributed by atoms with Crippen molar-refractivity contribution in [2.45, 2.75) is 25.4 Å². The maximum Gasteiger partial charge on any atom is 0.128 e. The van der Waals surface area contributed by atoms with Gasteiger partial charge in [-0.15, -0.1) is 0 Å². The van der Waals surface area contributed by atoms with E-state index in [1.54, 1.807) is 14.2 Å². The Bertz CT molecular complexity index is 663. The first-order chi connectivity index (χ1) is 11.7. The number of anilines is 1. The molecule has 1 aliphatic rings. The number of benzene rings is 1. The van der Waals surface area contributed by atoms with Gasteiger partial charge >= 0.3 is 0 Å². The standard InChI is InChI=1S/C19H25N3O2/c1-14(17-12-16(23-2)7-8-18(17)24-3)21-15-9-11-22(13-15)19-6-4-5-10-20-19/h4-8,10,12,14-15,21H,9,11,13H2,1-3H3/t14-,15-/m0/s1. The van der Waals surface area contributed by atoms with Gasteiger partial charge in [-0.2, -0.15) is 0 Å². The normalized spacial score (nSPS) is 18.5. The van der Waals surface area contributed by atoms with Gasteiger partial charge in [-0.25, -0.2) is 4.98 Å². The first-order valence-electron chi connectivity index (χ1n) is 8.35. The van der Waals surface area contributed by atoms with Crippen LogP contribution in [0.15, 0.2) is 42.6 Å². The lowest BCUT2D eigenvalue weighted by molar-refractivity contribution is 0.386. The van der Waals surface area contributed by atoms with Gasteiger partial charge in [-0.05, 0) is 43.7 Å². The Hall–Kier alpha value is -2.27. The van der Waals surface area contributed by atoms with E-state index in [4.69, 9.17) is 9.47 Å². The summed E-state index contributed by atoms with van der Waals surface area (Å²) in [7, 11) is 3.39. The van der Waals surface area contributed by atoms with Crippen molar-refractivity contribution in [2.75, 3.05) is 32.2 Å². The average Bonchev–Trinajstić information content (AvgIpc) is 3.10. The van der Waals surface area contributed by atoms with Crippen molar-refractivity contribution in [3.05, 3.63) is 48.2 Å². The Kier molecular flexibility index (Phi) is 5.20. The molecule has 2 atom stereocenters. The van der Waals surface area contributed by atoms with E-state index in [-0.39, 0.29) is 6.04 Å². The maximum atomic E-state index is 5.50. The molecule has 24 heavy (non-hydrogen) atoms. The van der Waals surface area contributed by atoms with Crippen LogP contribution in [0.2, 0.25) is 0 Å². The molecule has 0 saturated carbocycles. The van der Waals surface area contributed by atoms with Crippen molar-refractivity contribution in [1.29, 1.82) is 0 Å². The Morgan fingerprint density at radius 3 is 2.79 bits per heavy atom. The lowest BCUT2D eigenvalue weighted by Crippen LogP contribution is -2.34. The zero-order chi connectivity index (χ0) is 16.9. The molecule has 5 heteroatoms. The molecule has 0 aliphatic carbocycles. The van der Waals surface area contributed by atoms with Crippen LogP contribution in [0.1, 0.15) is 24.9 Å². The Morgan fingerprint density at radius 2 is 2.08 bits per heavy atom. The van der Waals surface area contributed by atoms with Gasteiger partial charge in [0.15, 0.2) is 0 Å². The van der Waals surface area contributed by atoms with E-state index in [0.29, 0.717) is 6.04 Å². The van der Waals surface area contributed by atoms with Crippen LogP contribution in [0.4, 0.5) is 5.82 Å². The summed E-state index contributed by atoms with van der Waals surface area (Å²) in [5.41, 5.74) is 1.12. The third-order valence-electron chi connectivity index (χ3n) is 4.55. The summed E-state index contributed by atoms with van der Waals surface area (Å²) < 4.78 is 10.9. The molecule has 0 unspecified atom stereocenters. The minimum atomic E-state index is 0.184. The van der Waals surface area contributed by atoms with Crippen molar-refractivity contribution in [3.8, 4) is 11.5 Å². The Morgan fingerprint density at radius 1 is 1.21 bits per heavy atom. The van der Waals surface area contributed by atoms with Gasteiger partial charge in [0, 0.05) is 36.9 Å². The molecule has 1 fully saturated rings. The summed E-state index contributed by atoms with van der Waals surface area (Å²) in [6, 6.07) is 12.6. The largest absolute Gasteiger partial charge is 0.497 e. The van der Waals surface area contributed by atoms with E-state index >= 15 is 0 Å². The number of hydrogen-bond donors (Lipinski definition) is 1. The number of ether oxygens (including phenoxy) is 2. The van der Waals surface area contributed by atoms with Crippen LogP contribution in [0.5, 0.6) is 11.5 Å². The quantitative estimate of drug-likeness (QED) is 0.884. The second-order valence-corrected chi connectivity index (χ2v) is 6.12. The maximum absolute atomic E-state index is 5.50. The fraction of sp³-hybridized carbons (Fsp3) is 0.421. The highest BCUT2D eigenvalue weighted by Gasteiger charge is 2.25. The van der Waals surface area contributed by atoms with Crippen LogP contribution in [0.3, 0.4) is 0 Å². The lowest BCUT2D eigenvalue weighted by Gasteiger charge is -2.23. The van der Waals surface area contributed by atoms with Crippen LogP contribution in [-0.2, 0) is 0 Å². The summed E-state index contributed by atoms with van der Waals surface area (Å²) in [5.74, 6) is 2.78. The van der Waals surface area contributed by atoms with Gasteiger partial charge in [0.25, 0.3) is 0 Å². The van der Waals surface area contributed by atoms with Gasteiger partial charge in [0.2, 0.25) is 0 Å². The SMILES string of the molecule is COc1ccc(OC)c([C@H](C)N[C@H]2CCN(c3ccccn3)C2)c1.